The maximum Gasteiger partial charge on any atom is 0.416 e. The predicted molar refractivity (Wildman–Crippen MR) is 55.4 cm³/mol. The molecule has 2 atom stereocenters. The molecule has 2 nitrogen and oxygen atoms in total. The molecule has 0 amide bonds. The van der Waals surface area contributed by atoms with Crippen LogP contribution in [0.3, 0.4) is 0 Å². The third-order valence-corrected chi connectivity index (χ3v) is 2.97. The van der Waals surface area contributed by atoms with Crippen molar-refractivity contribution in [3.05, 3.63) is 35.4 Å². The van der Waals surface area contributed by atoms with Crippen LogP contribution in [-0.4, -0.2) is 18.0 Å². The Morgan fingerprint density at radius 2 is 1.94 bits per heavy atom. The average molecular weight is 246 g/mol. The SMILES string of the molecule is OC1CC(c2ccccc2C(F)(F)F)CCO1. The topological polar surface area (TPSA) is 29.5 Å². The smallest absolute Gasteiger partial charge is 0.368 e. The summed E-state index contributed by atoms with van der Waals surface area (Å²) in [4.78, 5) is 0. The van der Waals surface area contributed by atoms with Crippen LogP contribution in [0.25, 0.3) is 0 Å². The molecule has 0 saturated carbocycles. The Morgan fingerprint density at radius 1 is 1.24 bits per heavy atom. The maximum absolute atomic E-state index is 12.8. The summed E-state index contributed by atoms with van der Waals surface area (Å²) in [5.41, 5.74) is -0.360. The van der Waals surface area contributed by atoms with Gasteiger partial charge in [-0.2, -0.15) is 13.2 Å². The Bertz CT molecular complexity index is 390. The summed E-state index contributed by atoms with van der Waals surface area (Å²) < 4.78 is 43.3. The van der Waals surface area contributed by atoms with Gasteiger partial charge in [0.2, 0.25) is 0 Å². The highest BCUT2D eigenvalue weighted by Gasteiger charge is 2.36. The van der Waals surface area contributed by atoms with E-state index < -0.39 is 18.0 Å². The van der Waals surface area contributed by atoms with E-state index in [0.717, 1.165) is 6.07 Å². The lowest BCUT2D eigenvalue weighted by Gasteiger charge is -2.28. The van der Waals surface area contributed by atoms with Crippen LogP contribution in [-0.2, 0) is 10.9 Å². The monoisotopic (exact) mass is 246 g/mol. The van der Waals surface area contributed by atoms with Crippen LogP contribution in [0, 0.1) is 0 Å². The molecule has 1 aliphatic rings. The minimum Gasteiger partial charge on any atom is -0.368 e. The largest absolute Gasteiger partial charge is 0.416 e. The quantitative estimate of drug-likeness (QED) is 0.825. The Kier molecular flexibility index (Phi) is 3.40. The van der Waals surface area contributed by atoms with E-state index in [4.69, 9.17) is 4.74 Å². The molecule has 0 aromatic heterocycles. The molecular weight excluding hydrogens is 233 g/mol. The molecular formula is C12H13F3O2. The molecule has 17 heavy (non-hydrogen) atoms. The van der Waals surface area contributed by atoms with Gasteiger partial charge in [-0.15, -0.1) is 0 Å². The number of alkyl halides is 3. The minimum atomic E-state index is -4.35. The fourth-order valence-corrected chi connectivity index (χ4v) is 2.17. The third-order valence-electron chi connectivity index (χ3n) is 2.97. The van der Waals surface area contributed by atoms with E-state index in [1.165, 1.54) is 12.1 Å². The van der Waals surface area contributed by atoms with E-state index in [2.05, 4.69) is 0 Å². The van der Waals surface area contributed by atoms with Gasteiger partial charge in [-0.05, 0) is 24.0 Å². The summed E-state index contributed by atoms with van der Waals surface area (Å²) in [5, 5.41) is 9.33. The molecule has 1 aliphatic heterocycles. The van der Waals surface area contributed by atoms with Crippen LogP contribution in [0.4, 0.5) is 13.2 Å². The van der Waals surface area contributed by atoms with Crippen LogP contribution in [0.5, 0.6) is 0 Å². The zero-order valence-corrected chi connectivity index (χ0v) is 9.07. The Balaban J connectivity index is 2.31. The van der Waals surface area contributed by atoms with Gasteiger partial charge < -0.3 is 9.84 Å². The van der Waals surface area contributed by atoms with Crippen molar-refractivity contribution in [3.8, 4) is 0 Å². The molecule has 0 aliphatic carbocycles. The number of hydrogen-bond donors (Lipinski definition) is 1. The van der Waals surface area contributed by atoms with E-state index in [-0.39, 0.29) is 24.5 Å². The summed E-state index contributed by atoms with van der Waals surface area (Å²) in [6.45, 7) is 0.290. The van der Waals surface area contributed by atoms with Gasteiger partial charge in [-0.1, -0.05) is 18.2 Å². The second-order valence-electron chi connectivity index (χ2n) is 4.13. The number of rotatable bonds is 1. The molecule has 94 valence electrons. The van der Waals surface area contributed by atoms with E-state index in [1.807, 2.05) is 0 Å². The number of ether oxygens (including phenoxy) is 1. The highest BCUT2D eigenvalue weighted by Crippen LogP contribution is 2.38. The van der Waals surface area contributed by atoms with Gasteiger partial charge in [0, 0.05) is 6.42 Å². The summed E-state index contributed by atoms with van der Waals surface area (Å²) >= 11 is 0. The average Bonchev–Trinajstić information content (AvgIpc) is 2.28. The third kappa shape index (κ3) is 2.79. The molecule has 0 bridgehead atoms. The fraction of sp³-hybridized carbons (Fsp3) is 0.500. The molecule has 1 saturated heterocycles. The van der Waals surface area contributed by atoms with Crippen molar-refractivity contribution >= 4 is 0 Å². The number of benzene rings is 1. The van der Waals surface area contributed by atoms with Crippen molar-refractivity contribution in [1.29, 1.82) is 0 Å². The van der Waals surface area contributed by atoms with Crippen molar-refractivity contribution in [1.82, 2.24) is 0 Å². The number of hydrogen-bond acceptors (Lipinski definition) is 2. The van der Waals surface area contributed by atoms with E-state index in [9.17, 15) is 18.3 Å². The summed E-state index contributed by atoms with van der Waals surface area (Å²) in [6, 6.07) is 5.53. The zero-order valence-electron chi connectivity index (χ0n) is 9.07. The zero-order chi connectivity index (χ0) is 12.5. The second-order valence-corrected chi connectivity index (χ2v) is 4.13. The number of aliphatic hydroxyl groups excluding tert-OH is 1. The molecule has 1 N–H and O–H groups in total. The lowest BCUT2D eigenvalue weighted by atomic mass is 9.87. The van der Waals surface area contributed by atoms with Gasteiger partial charge in [-0.25, -0.2) is 0 Å². The molecule has 2 unspecified atom stereocenters. The first kappa shape index (κ1) is 12.4. The molecule has 1 aromatic rings. The van der Waals surface area contributed by atoms with Crippen LogP contribution in [0.15, 0.2) is 24.3 Å². The van der Waals surface area contributed by atoms with Crippen molar-refractivity contribution in [2.75, 3.05) is 6.61 Å². The standard InChI is InChI=1S/C12H13F3O2/c13-12(14,15)10-4-2-1-3-9(10)8-5-6-17-11(16)7-8/h1-4,8,11,16H,5-7H2. The maximum atomic E-state index is 12.8. The van der Waals surface area contributed by atoms with Gasteiger partial charge in [0.25, 0.3) is 0 Å². The van der Waals surface area contributed by atoms with Crippen LogP contribution in [0.1, 0.15) is 29.9 Å². The molecule has 1 aromatic carbocycles. The predicted octanol–water partition coefficient (Wildman–Crippen LogP) is 2.92. The second kappa shape index (κ2) is 4.66. The van der Waals surface area contributed by atoms with Gasteiger partial charge in [0.15, 0.2) is 6.29 Å². The summed E-state index contributed by atoms with van der Waals surface area (Å²) in [5.74, 6) is -0.295. The van der Waals surface area contributed by atoms with E-state index >= 15 is 0 Å². The first-order valence-corrected chi connectivity index (χ1v) is 5.44. The molecule has 1 fully saturated rings. The van der Waals surface area contributed by atoms with Crippen LogP contribution < -0.4 is 0 Å². The molecule has 1 heterocycles. The summed E-state index contributed by atoms with van der Waals surface area (Å²) in [7, 11) is 0. The Morgan fingerprint density at radius 3 is 2.59 bits per heavy atom. The fourth-order valence-electron chi connectivity index (χ4n) is 2.17. The number of halogens is 3. The van der Waals surface area contributed by atoms with Gasteiger partial charge in [-0.3, -0.25) is 0 Å². The molecule has 2 rings (SSSR count). The Hall–Kier alpha value is -1.07. The van der Waals surface area contributed by atoms with Gasteiger partial charge in [0.1, 0.15) is 0 Å². The van der Waals surface area contributed by atoms with Gasteiger partial charge in [0.05, 0.1) is 12.2 Å². The van der Waals surface area contributed by atoms with Crippen LogP contribution in [0.2, 0.25) is 0 Å². The molecule has 0 spiro atoms. The van der Waals surface area contributed by atoms with Crippen LogP contribution >= 0.6 is 0 Å². The van der Waals surface area contributed by atoms with Crippen molar-refractivity contribution in [2.24, 2.45) is 0 Å². The molecule has 0 radical (unpaired) electrons. The Labute approximate surface area is 97.0 Å². The molecule has 5 heteroatoms. The highest BCUT2D eigenvalue weighted by atomic mass is 19.4. The normalized spacial score (nSPS) is 25.9. The van der Waals surface area contributed by atoms with E-state index in [1.54, 1.807) is 6.07 Å². The van der Waals surface area contributed by atoms with Gasteiger partial charge >= 0.3 is 6.18 Å². The van der Waals surface area contributed by atoms with Crippen molar-refractivity contribution < 1.29 is 23.0 Å². The van der Waals surface area contributed by atoms with Crippen molar-refractivity contribution in [3.63, 3.8) is 0 Å². The summed E-state index contributed by atoms with van der Waals surface area (Å²) in [6.07, 6.45) is -4.59. The first-order chi connectivity index (χ1) is 7.98. The highest BCUT2D eigenvalue weighted by molar-refractivity contribution is 5.33. The lowest BCUT2D eigenvalue weighted by molar-refractivity contribution is -0.142. The number of aliphatic hydroxyl groups is 1. The minimum absolute atomic E-state index is 0.215. The van der Waals surface area contributed by atoms with E-state index in [0.29, 0.717) is 6.42 Å². The first-order valence-electron chi connectivity index (χ1n) is 5.44. The lowest BCUT2D eigenvalue weighted by Crippen LogP contribution is -2.25. The van der Waals surface area contributed by atoms with Crippen molar-refractivity contribution in [2.45, 2.75) is 31.2 Å².